The molecule has 6 atom stereocenters. The molecule has 5 N–H and O–H groups in total. The molecular formula is C10H21NO4. The highest BCUT2D eigenvalue weighted by Gasteiger charge is 2.44. The first-order valence-electron chi connectivity index (χ1n) is 5.48. The minimum atomic E-state index is -1.17. The van der Waals surface area contributed by atoms with E-state index in [1.807, 2.05) is 13.8 Å². The Labute approximate surface area is 89.9 Å². The van der Waals surface area contributed by atoms with Crippen LogP contribution in [-0.4, -0.2) is 51.9 Å². The van der Waals surface area contributed by atoms with Crippen molar-refractivity contribution in [2.45, 2.75) is 63.3 Å². The normalized spacial score (nSPS) is 44.0. The number of hydrogen-bond donors (Lipinski definition) is 4. The van der Waals surface area contributed by atoms with Gasteiger partial charge in [-0.2, -0.15) is 0 Å². The average Bonchev–Trinajstić information content (AvgIpc) is 2.25. The molecule has 0 bridgehead atoms. The van der Waals surface area contributed by atoms with Gasteiger partial charge in [-0.25, -0.2) is 0 Å². The van der Waals surface area contributed by atoms with Gasteiger partial charge in [0, 0.05) is 6.04 Å². The molecule has 0 amide bonds. The van der Waals surface area contributed by atoms with Crippen LogP contribution in [0.5, 0.6) is 0 Å². The summed E-state index contributed by atoms with van der Waals surface area (Å²) >= 11 is 0. The third-order valence-electron chi connectivity index (χ3n) is 3.05. The van der Waals surface area contributed by atoms with E-state index < -0.39 is 30.5 Å². The van der Waals surface area contributed by atoms with Crippen molar-refractivity contribution in [2.75, 3.05) is 0 Å². The lowest BCUT2D eigenvalue weighted by Crippen LogP contribution is -2.61. The molecule has 0 saturated carbocycles. The molecule has 0 aromatic rings. The minimum absolute atomic E-state index is 0.323. The van der Waals surface area contributed by atoms with Crippen LogP contribution >= 0.6 is 0 Å². The zero-order chi connectivity index (χ0) is 11.6. The predicted molar refractivity (Wildman–Crippen MR) is 55.2 cm³/mol. The van der Waals surface area contributed by atoms with Gasteiger partial charge in [-0.3, -0.25) is 0 Å². The van der Waals surface area contributed by atoms with E-state index in [1.54, 1.807) is 0 Å². The minimum Gasteiger partial charge on any atom is -0.388 e. The van der Waals surface area contributed by atoms with E-state index in [1.165, 1.54) is 0 Å². The fraction of sp³-hybridized carbons (Fsp3) is 1.00. The topological polar surface area (TPSA) is 95.9 Å². The highest BCUT2D eigenvalue weighted by atomic mass is 16.5. The Hall–Kier alpha value is -0.200. The molecular weight excluding hydrogens is 198 g/mol. The monoisotopic (exact) mass is 219 g/mol. The van der Waals surface area contributed by atoms with Crippen LogP contribution in [0.15, 0.2) is 0 Å². The van der Waals surface area contributed by atoms with Crippen LogP contribution in [-0.2, 0) is 4.74 Å². The van der Waals surface area contributed by atoms with Gasteiger partial charge in [-0.15, -0.1) is 0 Å². The Morgan fingerprint density at radius 3 is 2.20 bits per heavy atom. The third kappa shape index (κ3) is 2.49. The van der Waals surface area contributed by atoms with Gasteiger partial charge in [0.05, 0.1) is 6.10 Å². The summed E-state index contributed by atoms with van der Waals surface area (Å²) < 4.78 is 5.50. The van der Waals surface area contributed by atoms with Crippen LogP contribution in [0.1, 0.15) is 26.7 Å². The number of rotatable bonds is 3. The summed E-state index contributed by atoms with van der Waals surface area (Å²) in [5.74, 6) is 0. The molecule has 1 heterocycles. The van der Waals surface area contributed by atoms with Crippen LogP contribution < -0.4 is 5.73 Å². The average molecular weight is 219 g/mol. The summed E-state index contributed by atoms with van der Waals surface area (Å²) in [6.45, 7) is 3.74. The largest absolute Gasteiger partial charge is 0.388 e. The van der Waals surface area contributed by atoms with Crippen LogP contribution in [0.2, 0.25) is 0 Å². The summed E-state index contributed by atoms with van der Waals surface area (Å²) in [6.07, 6.45) is -3.14. The standard InChI is InChI=1S/C10H21NO4/c1-3-5(11)10-9(14)8(13)7(12)6(4-2)15-10/h5-10,12-14H,3-4,11H2,1-2H3. The van der Waals surface area contributed by atoms with E-state index in [-0.39, 0.29) is 6.04 Å². The predicted octanol–water partition coefficient (Wildman–Crippen LogP) is -1.02. The van der Waals surface area contributed by atoms with Crippen LogP contribution in [0.3, 0.4) is 0 Å². The van der Waals surface area contributed by atoms with E-state index >= 15 is 0 Å². The van der Waals surface area contributed by atoms with E-state index in [0.29, 0.717) is 12.8 Å². The second-order valence-corrected chi connectivity index (χ2v) is 4.09. The molecule has 0 aromatic carbocycles. The zero-order valence-electron chi connectivity index (χ0n) is 9.21. The molecule has 90 valence electrons. The molecule has 5 nitrogen and oxygen atoms in total. The third-order valence-corrected chi connectivity index (χ3v) is 3.05. The quantitative estimate of drug-likeness (QED) is 0.487. The van der Waals surface area contributed by atoms with Gasteiger partial charge in [-0.05, 0) is 12.8 Å². The molecule has 1 aliphatic rings. The van der Waals surface area contributed by atoms with Crippen LogP contribution in [0, 0.1) is 0 Å². The van der Waals surface area contributed by atoms with Crippen molar-refractivity contribution in [1.82, 2.24) is 0 Å². The number of aliphatic hydroxyl groups excluding tert-OH is 3. The lowest BCUT2D eigenvalue weighted by Gasteiger charge is -2.42. The molecule has 15 heavy (non-hydrogen) atoms. The van der Waals surface area contributed by atoms with Crippen molar-refractivity contribution < 1.29 is 20.1 Å². The summed E-state index contributed by atoms with van der Waals surface area (Å²) in [6, 6.07) is -0.323. The van der Waals surface area contributed by atoms with Gasteiger partial charge < -0.3 is 25.8 Å². The van der Waals surface area contributed by atoms with Gasteiger partial charge >= 0.3 is 0 Å². The van der Waals surface area contributed by atoms with Crippen molar-refractivity contribution in [1.29, 1.82) is 0 Å². The summed E-state index contributed by atoms with van der Waals surface area (Å²) in [5.41, 5.74) is 5.78. The van der Waals surface area contributed by atoms with Crippen molar-refractivity contribution in [3.8, 4) is 0 Å². The molecule has 1 fully saturated rings. The van der Waals surface area contributed by atoms with Gasteiger partial charge in [0.25, 0.3) is 0 Å². The first-order chi connectivity index (χ1) is 7.02. The fourth-order valence-electron chi connectivity index (χ4n) is 1.90. The van der Waals surface area contributed by atoms with Crippen molar-refractivity contribution in [2.24, 2.45) is 5.73 Å². The maximum absolute atomic E-state index is 9.71. The summed E-state index contributed by atoms with van der Waals surface area (Å²) in [7, 11) is 0. The highest BCUT2D eigenvalue weighted by molar-refractivity contribution is 4.95. The van der Waals surface area contributed by atoms with Gasteiger partial charge in [-0.1, -0.05) is 13.8 Å². The molecule has 0 radical (unpaired) electrons. The van der Waals surface area contributed by atoms with E-state index in [2.05, 4.69) is 0 Å². The molecule has 0 aliphatic carbocycles. The molecule has 5 heteroatoms. The first kappa shape index (κ1) is 12.9. The van der Waals surface area contributed by atoms with Crippen molar-refractivity contribution in [3.63, 3.8) is 0 Å². The molecule has 1 rings (SSSR count). The second-order valence-electron chi connectivity index (χ2n) is 4.09. The van der Waals surface area contributed by atoms with Crippen LogP contribution in [0.25, 0.3) is 0 Å². The lowest BCUT2D eigenvalue weighted by molar-refractivity contribution is -0.227. The maximum atomic E-state index is 9.71. The second kappa shape index (κ2) is 5.23. The number of nitrogens with two attached hydrogens (primary N) is 1. The number of hydrogen-bond acceptors (Lipinski definition) is 5. The Kier molecular flexibility index (Phi) is 4.48. The lowest BCUT2D eigenvalue weighted by atomic mass is 9.90. The van der Waals surface area contributed by atoms with Gasteiger partial charge in [0.2, 0.25) is 0 Å². The molecule has 6 unspecified atom stereocenters. The Bertz CT molecular complexity index is 200. The highest BCUT2D eigenvalue weighted by Crippen LogP contribution is 2.25. The molecule has 0 spiro atoms. The Balaban J connectivity index is 2.74. The summed E-state index contributed by atoms with van der Waals surface area (Å²) in [5, 5.41) is 28.9. The fourth-order valence-corrected chi connectivity index (χ4v) is 1.90. The van der Waals surface area contributed by atoms with E-state index in [9.17, 15) is 15.3 Å². The van der Waals surface area contributed by atoms with E-state index in [0.717, 1.165) is 0 Å². The zero-order valence-corrected chi connectivity index (χ0v) is 9.21. The smallest absolute Gasteiger partial charge is 0.111 e. The molecule has 1 aliphatic heterocycles. The van der Waals surface area contributed by atoms with Crippen molar-refractivity contribution >= 4 is 0 Å². The van der Waals surface area contributed by atoms with E-state index in [4.69, 9.17) is 10.5 Å². The maximum Gasteiger partial charge on any atom is 0.111 e. The number of ether oxygens (including phenoxy) is 1. The molecule has 0 aromatic heterocycles. The Morgan fingerprint density at radius 2 is 1.73 bits per heavy atom. The van der Waals surface area contributed by atoms with Crippen LogP contribution in [0.4, 0.5) is 0 Å². The van der Waals surface area contributed by atoms with Gasteiger partial charge in [0.1, 0.15) is 24.4 Å². The summed E-state index contributed by atoms with van der Waals surface area (Å²) in [4.78, 5) is 0. The Morgan fingerprint density at radius 1 is 1.13 bits per heavy atom. The molecule has 1 saturated heterocycles. The van der Waals surface area contributed by atoms with Gasteiger partial charge in [0.15, 0.2) is 0 Å². The SMILES string of the molecule is CCC(N)C1OC(CC)C(O)C(O)C1O. The first-order valence-corrected chi connectivity index (χ1v) is 5.48. The number of aliphatic hydroxyl groups is 3. The van der Waals surface area contributed by atoms with Crippen molar-refractivity contribution in [3.05, 3.63) is 0 Å².